The normalized spacial score (nSPS) is 13.3. The number of hydrogen-bond acceptors (Lipinski definition) is 5. The first-order valence-corrected chi connectivity index (χ1v) is 11.3. The lowest BCUT2D eigenvalue weighted by molar-refractivity contribution is -0.140. The van der Waals surface area contributed by atoms with E-state index >= 15 is 0 Å². The molecule has 0 fully saturated rings. The minimum Gasteiger partial charge on any atom is -0.491 e. The molecule has 35 heavy (non-hydrogen) atoms. The van der Waals surface area contributed by atoms with Crippen LogP contribution in [0.25, 0.3) is 21.7 Å². The van der Waals surface area contributed by atoms with Crippen LogP contribution in [0, 0.1) is 5.92 Å². The molecule has 3 aromatic rings. The van der Waals surface area contributed by atoms with Gasteiger partial charge in [-0.2, -0.15) is 13.2 Å². The number of nitrogens with zero attached hydrogens (tertiary/aromatic N) is 2. The van der Waals surface area contributed by atoms with Gasteiger partial charge in [0.2, 0.25) is 0 Å². The van der Waals surface area contributed by atoms with Gasteiger partial charge in [-0.25, -0.2) is 4.79 Å². The van der Waals surface area contributed by atoms with Crippen molar-refractivity contribution in [2.45, 2.75) is 65.4 Å². The van der Waals surface area contributed by atoms with Crippen LogP contribution >= 0.6 is 0 Å². The van der Waals surface area contributed by atoms with Crippen LogP contribution < -0.4 is 15.6 Å². The summed E-state index contributed by atoms with van der Waals surface area (Å²) in [6, 6.07) is 5.88. The fraction of sp³-hybridized carbons (Fsp3) is 0.480. The van der Waals surface area contributed by atoms with Crippen LogP contribution in [0.3, 0.4) is 0 Å². The zero-order chi connectivity index (χ0) is 26.0. The molecule has 1 N–H and O–H groups in total. The third-order valence-electron chi connectivity index (χ3n) is 5.11. The second kappa shape index (κ2) is 10.1. The zero-order valence-corrected chi connectivity index (χ0v) is 20.4. The van der Waals surface area contributed by atoms with Crippen molar-refractivity contribution in [3.63, 3.8) is 0 Å². The number of rotatable bonds is 7. The van der Waals surface area contributed by atoms with Gasteiger partial charge >= 0.3 is 12.3 Å². The molecule has 0 spiro atoms. The lowest BCUT2D eigenvalue weighted by Gasteiger charge is -2.25. The average molecular weight is 494 g/mol. The third-order valence-corrected chi connectivity index (χ3v) is 5.11. The zero-order valence-electron chi connectivity index (χ0n) is 20.4. The van der Waals surface area contributed by atoms with Crippen LogP contribution in [0.4, 0.5) is 18.0 Å². The molecule has 1 amide bonds. The van der Waals surface area contributed by atoms with E-state index in [1.807, 2.05) is 13.8 Å². The highest BCUT2D eigenvalue weighted by Crippen LogP contribution is 2.28. The monoisotopic (exact) mass is 493 g/mol. The number of carbonyl (C=O) groups is 1. The fourth-order valence-electron chi connectivity index (χ4n) is 3.85. The van der Waals surface area contributed by atoms with Gasteiger partial charge in [0.15, 0.2) is 0 Å². The van der Waals surface area contributed by atoms with E-state index in [-0.39, 0.29) is 35.2 Å². The number of fused-ring (bicyclic) bond motifs is 3. The highest BCUT2D eigenvalue weighted by Gasteiger charge is 2.30. The van der Waals surface area contributed by atoms with Crippen molar-refractivity contribution in [2.24, 2.45) is 5.92 Å². The number of nitrogens with one attached hydrogen (secondary N) is 1. The largest absolute Gasteiger partial charge is 0.491 e. The molecular formula is C25H30F3N3O4. The van der Waals surface area contributed by atoms with Gasteiger partial charge in [-0.1, -0.05) is 13.8 Å². The molecule has 7 nitrogen and oxygen atoms in total. The van der Waals surface area contributed by atoms with Crippen LogP contribution in [-0.4, -0.2) is 40.1 Å². The number of aromatic nitrogens is 2. The molecule has 190 valence electrons. The van der Waals surface area contributed by atoms with Gasteiger partial charge < -0.3 is 14.8 Å². The molecule has 0 aliphatic rings. The van der Waals surface area contributed by atoms with Gasteiger partial charge in [-0.15, -0.1) is 0 Å². The Hall–Kier alpha value is -3.30. The van der Waals surface area contributed by atoms with Crippen molar-refractivity contribution in [1.82, 2.24) is 14.9 Å². The van der Waals surface area contributed by atoms with E-state index in [1.54, 1.807) is 39.0 Å². The van der Waals surface area contributed by atoms with Crippen molar-refractivity contribution in [2.75, 3.05) is 6.61 Å². The maximum Gasteiger partial charge on any atom is 0.407 e. The number of alkyl carbamates (subject to hydrolysis) is 1. The van der Waals surface area contributed by atoms with Crippen LogP contribution in [0.15, 0.2) is 41.5 Å². The Kier molecular flexibility index (Phi) is 7.62. The first-order chi connectivity index (χ1) is 16.2. The van der Waals surface area contributed by atoms with Gasteiger partial charge in [0.1, 0.15) is 24.5 Å². The molecule has 3 rings (SSSR count). The van der Waals surface area contributed by atoms with Crippen LogP contribution in [0.5, 0.6) is 5.75 Å². The number of carbonyl (C=O) groups excluding carboxylic acids is 1. The number of halogens is 3. The van der Waals surface area contributed by atoms with Crippen molar-refractivity contribution in [1.29, 1.82) is 0 Å². The minimum absolute atomic E-state index is 0.0733. The molecule has 2 heterocycles. The summed E-state index contributed by atoms with van der Waals surface area (Å²) in [6.45, 7) is 7.91. The van der Waals surface area contributed by atoms with E-state index in [9.17, 15) is 22.8 Å². The van der Waals surface area contributed by atoms with Crippen molar-refractivity contribution in [3.8, 4) is 5.75 Å². The molecule has 2 aromatic heterocycles. The number of pyridine rings is 2. The van der Waals surface area contributed by atoms with E-state index in [0.29, 0.717) is 21.8 Å². The Morgan fingerprint density at radius 3 is 2.46 bits per heavy atom. The second-order valence-corrected chi connectivity index (χ2v) is 9.89. The predicted molar refractivity (Wildman–Crippen MR) is 128 cm³/mol. The summed E-state index contributed by atoms with van der Waals surface area (Å²) in [5, 5.41) is 3.88. The minimum atomic E-state index is -4.59. The van der Waals surface area contributed by atoms with Crippen molar-refractivity contribution < 1.29 is 27.4 Å². The Balaban J connectivity index is 1.94. The van der Waals surface area contributed by atoms with Crippen LogP contribution in [0.1, 0.15) is 41.0 Å². The Bertz CT molecular complexity index is 1260. The van der Waals surface area contributed by atoms with Gasteiger partial charge in [0.25, 0.3) is 5.56 Å². The fourth-order valence-corrected chi connectivity index (χ4v) is 3.85. The van der Waals surface area contributed by atoms with Crippen LogP contribution in [0.2, 0.25) is 0 Å². The number of benzene rings is 1. The van der Waals surface area contributed by atoms with E-state index in [0.717, 1.165) is 0 Å². The molecule has 0 saturated carbocycles. The Morgan fingerprint density at radius 2 is 1.83 bits per heavy atom. The standard InChI is InChI=1S/C25H30F3N3O4/c1-15(2)10-16(30-23(33)35-24(3,4)5)13-34-17-6-7-19-18-8-9-29-12-20(18)22(32)31(21(19)11-17)14-25(26,27)28/h6-9,11-12,15-16H,10,13-14H2,1-5H3,(H,30,33). The lowest BCUT2D eigenvalue weighted by Crippen LogP contribution is -2.42. The molecule has 0 bridgehead atoms. The lowest BCUT2D eigenvalue weighted by atomic mass is 10.0. The maximum absolute atomic E-state index is 13.3. The van der Waals surface area contributed by atoms with Crippen LogP contribution in [-0.2, 0) is 11.3 Å². The summed E-state index contributed by atoms with van der Waals surface area (Å²) in [4.78, 5) is 29.0. The van der Waals surface area contributed by atoms with Gasteiger partial charge in [0, 0.05) is 23.8 Å². The molecule has 10 heteroatoms. The topological polar surface area (TPSA) is 82.5 Å². The average Bonchev–Trinajstić information content (AvgIpc) is 2.72. The summed E-state index contributed by atoms with van der Waals surface area (Å²) < 4.78 is 51.8. The number of hydrogen-bond donors (Lipinski definition) is 1. The van der Waals surface area contributed by atoms with E-state index in [2.05, 4.69) is 10.3 Å². The molecule has 0 aliphatic carbocycles. The molecular weight excluding hydrogens is 463 g/mol. The number of amides is 1. The molecule has 0 radical (unpaired) electrons. The van der Waals surface area contributed by atoms with Gasteiger partial charge in [-0.05, 0) is 56.7 Å². The number of alkyl halides is 3. The second-order valence-electron chi connectivity index (χ2n) is 9.89. The first kappa shape index (κ1) is 26.3. The van der Waals surface area contributed by atoms with Crippen molar-refractivity contribution >= 4 is 27.8 Å². The summed E-state index contributed by atoms with van der Waals surface area (Å²) in [5.74, 6) is 0.521. The van der Waals surface area contributed by atoms with Gasteiger partial charge in [0.05, 0.1) is 16.9 Å². The predicted octanol–water partition coefficient (Wildman–Crippen LogP) is 5.43. The molecule has 1 aromatic carbocycles. The quantitative estimate of drug-likeness (QED) is 0.444. The number of ether oxygens (including phenoxy) is 2. The smallest absolute Gasteiger partial charge is 0.407 e. The molecule has 0 saturated heterocycles. The molecule has 1 atom stereocenters. The SMILES string of the molecule is CC(C)CC(COc1ccc2c3ccncc3c(=O)n(CC(F)(F)F)c2c1)NC(=O)OC(C)(C)C. The van der Waals surface area contributed by atoms with E-state index < -0.39 is 30.0 Å². The first-order valence-electron chi connectivity index (χ1n) is 11.3. The third kappa shape index (κ3) is 7.10. The molecule has 0 aliphatic heterocycles. The van der Waals surface area contributed by atoms with Crippen molar-refractivity contribution in [3.05, 3.63) is 47.0 Å². The van der Waals surface area contributed by atoms with E-state index in [4.69, 9.17) is 9.47 Å². The highest BCUT2D eigenvalue weighted by atomic mass is 19.4. The highest BCUT2D eigenvalue weighted by molar-refractivity contribution is 6.05. The summed E-state index contributed by atoms with van der Waals surface area (Å²) in [5.41, 5.74) is -1.34. The summed E-state index contributed by atoms with van der Waals surface area (Å²) in [7, 11) is 0. The Labute approximate surface area is 201 Å². The molecule has 1 unspecified atom stereocenters. The van der Waals surface area contributed by atoms with E-state index in [1.165, 1.54) is 18.5 Å². The maximum atomic E-state index is 13.3. The Morgan fingerprint density at radius 1 is 1.11 bits per heavy atom. The van der Waals surface area contributed by atoms with Gasteiger partial charge in [-0.3, -0.25) is 14.3 Å². The summed E-state index contributed by atoms with van der Waals surface area (Å²) in [6.07, 6.45) is -1.82. The summed E-state index contributed by atoms with van der Waals surface area (Å²) >= 11 is 0.